The summed E-state index contributed by atoms with van der Waals surface area (Å²) in [6.07, 6.45) is 1.11. The Morgan fingerprint density at radius 1 is 1.32 bits per heavy atom. The second-order valence-corrected chi connectivity index (χ2v) is 5.51. The molecule has 1 N–H and O–H groups in total. The summed E-state index contributed by atoms with van der Waals surface area (Å²) in [7, 11) is 1.52. The molecule has 1 aromatic rings. The van der Waals surface area contributed by atoms with Gasteiger partial charge in [0.2, 0.25) is 11.8 Å². The zero-order valence-corrected chi connectivity index (χ0v) is 14.3. The van der Waals surface area contributed by atoms with Gasteiger partial charge < -0.3 is 15.0 Å². The molecule has 122 valence electrons. The van der Waals surface area contributed by atoms with Gasteiger partial charge in [-0.2, -0.15) is 0 Å². The maximum absolute atomic E-state index is 12.1. The van der Waals surface area contributed by atoms with Gasteiger partial charge in [-0.3, -0.25) is 9.59 Å². The fourth-order valence-electron chi connectivity index (χ4n) is 2.08. The van der Waals surface area contributed by atoms with Gasteiger partial charge in [0.1, 0.15) is 5.75 Å². The predicted octanol–water partition coefficient (Wildman–Crippen LogP) is 3.24. The second-order valence-electron chi connectivity index (χ2n) is 5.11. The molecule has 0 aromatic heterocycles. The molecule has 1 rings (SSSR count). The largest absolute Gasteiger partial charge is 0.495 e. The molecule has 22 heavy (non-hydrogen) atoms. The quantitative estimate of drug-likeness (QED) is 0.836. The van der Waals surface area contributed by atoms with E-state index in [0.29, 0.717) is 29.5 Å². The van der Waals surface area contributed by atoms with Crippen LogP contribution in [-0.4, -0.2) is 36.9 Å². The Morgan fingerprint density at radius 3 is 2.55 bits per heavy atom. The van der Waals surface area contributed by atoms with E-state index in [9.17, 15) is 9.59 Å². The normalized spacial score (nSPS) is 10.2. The van der Waals surface area contributed by atoms with Crippen molar-refractivity contribution in [2.24, 2.45) is 0 Å². The van der Waals surface area contributed by atoms with Crippen molar-refractivity contribution in [1.82, 2.24) is 4.90 Å². The number of benzene rings is 1. The van der Waals surface area contributed by atoms with E-state index >= 15 is 0 Å². The lowest BCUT2D eigenvalue weighted by Gasteiger charge is -2.20. The van der Waals surface area contributed by atoms with Crippen LogP contribution in [-0.2, 0) is 9.59 Å². The summed E-state index contributed by atoms with van der Waals surface area (Å²) in [6.45, 7) is 6.43. The van der Waals surface area contributed by atoms with Crippen LogP contribution in [0, 0.1) is 6.92 Å². The third kappa shape index (κ3) is 5.22. The Kier molecular flexibility index (Phi) is 7.18. The van der Waals surface area contributed by atoms with E-state index < -0.39 is 0 Å². The number of aryl methyl sites for hydroxylation is 1. The Bertz CT molecular complexity index is 546. The summed E-state index contributed by atoms with van der Waals surface area (Å²) in [6, 6.07) is 3.44. The highest BCUT2D eigenvalue weighted by molar-refractivity contribution is 6.31. The van der Waals surface area contributed by atoms with Crippen LogP contribution >= 0.6 is 11.6 Å². The summed E-state index contributed by atoms with van der Waals surface area (Å²) in [5, 5.41) is 3.39. The number of methoxy groups -OCH3 is 1. The van der Waals surface area contributed by atoms with Crippen molar-refractivity contribution < 1.29 is 14.3 Å². The number of nitrogens with one attached hydrogen (secondary N) is 1. The smallest absolute Gasteiger partial charge is 0.226 e. The van der Waals surface area contributed by atoms with E-state index in [1.165, 1.54) is 14.0 Å². The van der Waals surface area contributed by atoms with Crippen LogP contribution in [0.15, 0.2) is 12.1 Å². The third-order valence-corrected chi connectivity index (χ3v) is 3.71. The minimum Gasteiger partial charge on any atom is -0.495 e. The SMILES string of the molecule is CCCN(CCC(=O)Nc1cc(C)c(Cl)cc1OC)C(C)=O. The molecule has 1 aromatic carbocycles. The fraction of sp³-hybridized carbons (Fsp3) is 0.500. The Morgan fingerprint density at radius 2 is 2.00 bits per heavy atom. The second kappa shape index (κ2) is 8.63. The molecule has 0 radical (unpaired) electrons. The van der Waals surface area contributed by atoms with Gasteiger partial charge in [0.05, 0.1) is 12.8 Å². The van der Waals surface area contributed by atoms with Gasteiger partial charge in [-0.15, -0.1) is 0 Å². The number of nitrogens with zero attached hydrogens (tertiary/aromatic N) is 1. The Labute approximate surface area is 136 Å². The molecule has 2 amide bonds. The van der Waals surface area contributed by atoms with E-state index in [1.54, 1.807) is 17.0 Å². The van der Waals surface area contributed by atoms with Gasteiger partial charge in [0.25, 0.3) is 0 Å². The van der Waals surface area contributed by atoms with Gasteiger partial charge in [0.15, 0.2) is 0 Å². The number of carbonyl (C=O) groups excluding carboxylic acids is 2. The monoisotopic (exact) mass is 326 g/mol. The van der Waals surface area contributed by atoms with Crippen molar-refractivity contribution in [1.29, 1.82) is 0 Å². The number of hydrogen-bond donors (Lipinski definition) is 1. The molecule has 0 aliphatic rings. The highest BCUT2D eigenvalue weighted by Crippen LogP contribution is 2.30. The summed E-state index contributed by atoms with van der Waals surface area (Å²) in [5.41, 5.74) is 1.44. The molecule has 0 saturated carbocycles. The number of amides is 2. The highest BCUT2D eigenvalue weighted by Gasteiger charge is 2.13. The first-order valence-electron chi connectivity index (χ1n) is 7.28. The number of hydrogen-bond acceptors (Lipinski definition) is 3. The van der Waals surface area contributed by atoms with Crippen LogP contribution in [0.25, 0.3) is 0 Å². The van der Waals surface area contributed by atoms with Crippen molar-refractivity contribution in [3.05, 3.63) is 22.7 Å². The molecule has 0 bridgehead atoms. The molecular weight excluding hydrogens is 304 g/mol. The minimum atomic E-state index is -0.164. The molecule has 6 heteroatoms. The van der Waals surface area contributed by atoms with Gasteiger partial charge >= 0.3 is 0 Å². The van der Waals surface area contributed by atoms with Crippen molar-refractivity contribution in [3.8, 4) is 5.75 Å². The molecular formula is C16H23ClN2O3. The van der Waals surface area contributed by atoms with Crippen LogP contribution in [0.2, 0.25) is 5.02 Å². The first kappa shape index (κ1) is 18.3. The van der Waals surface area contributed by atoms with Crippen molar-refractivity contribution in [3.63, 3.8) is 0 Å². The lowest BCUT2D eigenvalue weighted by molar-refractivity contribution is -0.129. The zero-order valence-electron chi connectivity index (χ0n) is 13.5. The van der Waals surface area contributed by atoms with Crippen molar-refractivity contribution in [2.45, 2.75) is 33.6 Å². The maximum Gasteiger partial charge on any atom is 0.226 e. The third-order valence-electron chi connectivity index (χ3n) is 3.30. The average Bonchev–Trinajstić information content (AvgIpc) is 2.46. The molecule has 0 spiro atoms. The molecule has 5 nitrogen and oxygen atoms in total. The maximum atomic E-state index is 12.1. The van der Waals surface area contributed by atoms with Gasteiger partial charge in [0, 0.05) is 37.5 Å². The van der Waals surface area contributed by atoms with Crippen LogP contribution in [0.1, 0.15) is 32.3 Å². The number of rotatable bonds is 7. The first-order chi connectivity index (χ1) is 10.4. The van der Waals surface area contributed by atoms with E-state index in [0.717, 1.165) is 12.0 Å². The van der Waals surface area contributed by atoms with Gasteiger partial charge in [-0.25, -0.2) is 0 Å². The first-order valence-corrected chi connectivity index (χ1v) is 7.66. The predicted molar refractivity (Wildman–Crippen MR) is 88.5 cm³/mol. The van der Waals surface area contributed by atoms with Crippen LogP contribution in [0.3, 0.4) is 0 Å². The molecule has 0 heterocycles. The molecule has 0 unspecified atom stereocenters. The number of ether oxygens (including phenoxy) is 1. The van der Waals surface area contributed by atoms with E-state index in [4.69, 9.17) is 16.3 Å². The van der Waals surface area contributed by atoms with Crippen LogP contribution in [0.4, 0.5) is 5.69 Å². The summed E-state index contributed by atoms with van der Waals surface area (Å²) < 4.78 is 5.22. The van der Waals surface area contributed by atoms with Crippen LogP contribution < -0.4 is 10.1 Å². The van der Waals surface area contributed by atoms with E-state index in [1.807, 2.05) is 13.8 Å². The lowest BCUT2D eigenvalue weighted by atomic mass is 10.2. The van der Waals surface area contributed by atoms with E-state index in [2.05, 4.69) is 5.32 Å². The van der Waals surface area contributed by atoms with Gasteiger partial charge in [-0.05, 0) is 25.0 Å². The standard InChI is InChI=1S/C16H23ClN2O3/c1-5-7-19(12(3)20)8-6-16(21)18-14-9-11(2)13(17)10-15(14)22-4/h9-10H,5-8H2,1-4H3,(H,18,21). The Hall–Kier alpha value is -1.75. The number of anilines is 1. The molecule has 0 atom stereocenters. The average molecular weight is 327 g/mol. The lowest BCUT2D eigenvalue weighted by Crippen LogP contribution is -2.32. The molecule has 0 fully saturated rings. The fourth-order valence-corrected chi connectivity index (χ4v) is 2.23. The molecule has 0 aliphatic heterocycles. The Balaban J connectivity index is 2.69. The zero-order chi connectivity index (χ0) is 16.7. The van der Waals surface area contributed by atoms with Crippen molar-refractivity contribution in [2.75, 3.05) is 25.5 Å². The summed E-state index contributed by atoms with van der Waals surface area (Å²) in [5.74, 6) is 0.331. The van der Waals surface area contributed by atoms with E-state index in [-0.39, 0.29) is 18.2 Å². The van der Waals surface area contributed by atoms with Gasteiger partial charge in [-0.1, -0.05) is 18.5 Å². The minimum absolute atomic E-state index is 0.0189. The molecule has 0 aliphatic carbocycles. The highest BCUT2D eigenvalue weighted by atomic mass is 35.5. The van der Waals surface area contributed by atoms with Crippen LogP contribution in [0.5, 0.6) is 5.75 Å². The van der Waals surface area contributed by atoms with Crippen molar-refractivity contribution >= 4 is 29.1 Å². The number of halogens is 1. The molecule has 0 saturated heterocycles. The summed E-state index contributed by atoms with van der Waals surface area (Å²) >= 11 is 6.04. The summed E-state index contributed by atoms with van der Waals surface area (Å²) in [4.78, 5) is 25.2. The number of carbonyl (C=O) groups is 2. The topological polar surface area (TPSA) is 58.6 Å².